The van der Waals surface area contributed by atoms with Crippen molar-refractivity contribution in [2.75, 3.05) is 11.9 Å². The summed E-state index contributed by atoms with van der Waals surface area (Å²) >= 11 is 8.99. The topological polar surface area (TPSA) is 38.3 Å². The predicted molar refractivity (Wildman–Crippen MR) is 88.9 cm³/mol. The molecule has 0 saturated carbocycles. The number of hydrogen-bond acceptors (Lipinski definition) is 2. The predicted octanol–water partition coefficient (Wildman–Crippen LogP) is 5.04. The monoisotopic (exact) mass is 385 g/mol. The number of ether oxygens (including phenoxy) is 1. The summed E-state index contributed by atoms with van der Waals surface area (Å²) < 4.78 is 20.0. The van der Waals surface area contributed by atoms with Gasteiger partial charge in [-0.2, -0.15) is 0 Å². The Labute approximate surface area is 141 Å². The summed E-state index contributed by atoms with van der Waals surface area (Å²) in [6, 6.07) is 11.6. The van der Waals surface area contributed by atoms with Crippen LogP contribution >= 0.6 is 27.5 Å². The summed E-state index contributed by atoms with van der Waals surface area (Å²) in [5, 5.41) is 2.80. The number of carbonyl (C=O) groups is 1. The van der Waals surface area contributed by atoms with E-state index in [1.165, 1.54) is 12.1 Å². The van der Waals surface area contributed by atoms with Gasteiger partial charge in [0.25, 0.3) is 0 Å². The normalized spacial score (nSPS) is 10.3. The molecule has 22 heavy (non-hydrogen) atoms. The largest absolute Gasteiger partial charge is 0.494 e. The van der Waals surface area contributed by atoms with Crippen molar-refractivity contribution in [2.45, 2.75) is 12.8 Å². The van der Waals surface area contributed by atoms with E-state index in [1.807, 2.05) is 24.3 Å². The van der Waals surface area contributed by atoms with Crippen molar-refractivity contribution in [2.24, 2.45) is 0 Å². The smallest absolute Gasteiger partial charge is 0.224 e. The minimum Gasteiger partial charge on any atom is -0.494 e. The Morgan fingerprint density at radius 1 is 1.23 bits per heavy atom. The van der Waals surface area contributed by atoms with Gasteiger partial charge in [0.05, 0.1) is 12.3 Å². The fourth-order valence-electron chi connectivity index (χ4n) is 1.76. The summed E-state index contributed by atoms with van der Waals surface area (Å²) in [6.45, 7) is 0.415. The van der Waals surface area contributed by atoms with Gasteiger partial charge >= 0.3 is 0 Å². The third kappa shape index (κ3) is 5.31. The first-order valence-corrected chi connectivity index (χ1v) is 7.85. The molecule has 0 aliphatic carbocycles. The lowest BCUT2D eigenvalue weighted by atomic mass is 10.2. The van der Waals surface area contributed by atoms with Crippen LogP contribution in [0.15, 0.2) is 46.9 Å². The number of hydrogen-bond donors (Lipinski definition) is 1. The first-order chi connectivity index (χ1) is 10.5. The zero-order valence-electron chi connectivity index (χ0n) is 11.6. The number of anilines is 1. The summed E-state index contributed by atoms with van der Waals surface area (Å²) in [7, 11) is 0. The van der Waals surface area contributed by atoms with Crippen LogP contribution in [-0.2, 0) is 4.79 Å². The second-order valence-corrected chi connectivity index (χ2v) is 5.93. The standard InChI is InChI=1S/C16H14BrClFNO2/c17-11-3-6-13(7-4-11)22-9-1-2-16(21)20-15-8-5-12(18)10-14(15)19/h3-8,10H,1-2,9H2,(H,20,21). The summed E-state index contributed by atoms with van der Waals surface area (Å²) in [4.78, 5) is 11.7. The molecule has 0 saturated heterocycles. The molecular formula is C16H14BrClFNO2. The first-order valence-electron chi connectivity index (χ1n) is 6.68. The Bertz CT molecular complexity index is 649. The van der Waals surface area contributed by atoms with Crippen LogP contribution in [0.25, 0.3) is 0 Å². The molecule has 0 aromatic heterocycles. The molecule has 2 aromatic carbocycles. The van der Waals surface area contributed by atoms with Crippen LogP contribution < -0.4 is 10.1 Å². The van der Waals surface area contributed by atoms with E-state index in [-0.39, 0.29) is 18.0 Å². The second kappa shape index (κ2) is 8.15. The van der Waals surface area contributed by atoms with Crippen LogP contribution in [0.2, 0.25) is 5.02 Å². The highest BCUT2D eigenvalue weighted by molar-refractivity contribution is 9.10. The molecule has 0 bridgehead atoms. The van der Waals surface area contributed by atoms with Gasteiger partial charge in [-0.1, -0.05) is 27.5 Å². The van der Waals surface area contributed by atoms with Crippen LogP contribution in [0.1, 0.15) is 12.8 Å². The van der Waals surface area contributed by atoms with E-state index >= 15 is 0 Å². The van der Waals surface area contributed by atoms with Gasteiger partial charge in [-0.05, 0) is 48.9 Å². The maximum atomic E-state index is 13.5. The van der Waals surface area contributed by atoms with Gasteiger partial charge < -0.3 is 10.1 Å². The molecule has 0 heterocycles. The van der Waals surface area contributed by atoms with Crippen LogP contribution in [-0.4, -0.2) is 12.5 Å². The second-order valence-electron chi connectivity index (χ2n) is 4.58. The van der Waals surface area contributed by atoms with Crippen molar-refractivity contribution < 1.29 is 13.9 Å². The van der Waals surface area contributed by atoms with Crippen LogP contribution in [0, 0.1) is 5.82 Å². The lowest BCUT2D eigenvalue weighted by Crippen LogP contribution is -2.13. The molecule has 0 spiro atoms. The average molecular weight is 387 g/mol. The first kappa shape index (κ1) is 16.8. The van der Waals surface area contributed by atoms with E-state index in [2.05, 4.69) is 21.2 Å². The van der Waals surface area contributed by atoms with Gasteiger partial charge in [0, 0.05) is 15.9 Å². The Morgan fingerprint density at radius 3 is 2.64 bits per heavy atom. The van der Waals surface area contributed by atoms with E-state index in [9.17, 15) is 9.18 Å². The molecule has 0 radical (unpaired) electrons. The Morgan fingerprint density at radius 2 is 1.95 bits per heavy atom. The summed E-state index contributed by atoms with van der Waals surface area (Å²) in [6.07, 6.45) is 0.787. The van der Waals surface area contributed by atoms with Gasteiger partial charge in [-0.15, -0.1) is 0 Å². The fraction of sp³-hybridized carbons (Fsp3) is 0.188. The highest BCUT2D eigenvalue weighted by atomic mass is 79.9. The zero-order valence-corrected chi connectivity index (χ0v) is 14.0. The number of halogens is 3. The molecule has 0 aliphatic rings. The van der Waals surface area contributed by atoms with E-state index in [0.29, 0.717) is 18.1 Å². The van der Waals surface area contributed by atoms with Crippen molar-refractivity contribution in [3.63, 3.8) is 0 Å². The van der Waals surface area contributed by atoms with Crippen molar-refractivity contribution in [3.8, 4) is 5.75 Å². The third-order valence-corrected chi connectivity index (χ3v) is 3.60. The Kier molecular flexibility index (Phi) is 6.21. The van der Waals surface area contributed by atoms with Crippen molar-refractivity contribution in [1.29, 1.82) is 0 Å². The number of amides is 1. The van der Waals surface area contributed by atoms with E-state index < -0.39 is 5.82 Å². The lowest BCUT2D eigenvalue weighted by Gasteiger charge is -2.08. The molecule has 6 heteroatoms. The molecule has 0 atom stereocenters. The molecule has 1 N–H and O–H groups in total. The highest BCUT2D eigenvalue weighted by Crippen LogP contribution is 2.19. The fourth-order valence-corrected chi connectivity index (χ4v) is 2.18. The number of rotatable bonds is 6. The van der Waals surface area contributed by atoms with Crippen molar-refractivity contribution >= 4 is 39.1 Å². The molecule has 116 valence electrons. The van der Waals surface area contributed by atoms with Gasteiger partial charge in [0.15, 0.2) is 0 Å². The Hall–Kier alpha value is -1.59. The number of carbonyl (C=O) groups excluding carboxylic acids is 1. The van der Waals surface area contributed by atoms with Gasteiger partial charge in [-0.3, -0.25) is 4.79 Å². The third-order valence-electron chi connectivity index (χ3n) is 2.84. The summed E-state index contributed by atoms with van der Waals surface area (Å²) in [5.74, 6) is -0.0695. The maximum Gasteiger partial charge on any atom is 0.224 e. The number of benzene rings is 2. The molecule has 0 unspecified atom stereocenters. The molecule has 3 nitrogen and oxygen atoms in total. The quantitative estimate of drug-likeness (QED) is 0.706. The molecule has 1 amide bonds. The van der Waals surface area contributed by atoms with E-state index in [0.717, 1.165) is 16.3 Å². The molecule has 2 rings (SSSR count). The lowest BCUT2D eigenvalue weighted by molar-refractivity contribution is -0.116. The van der Waals surface area contributed by atoms with Crippen molar-refractivity contribution in [1.82, 2.24) is 0 Å². The highest BCUT2D eigenvalue weighted by Gasteiger charge is 2.07. The Balaban J connectivity index is 1.72. The maximum absolute atomic E-state index is 13.5. The van der Waals surface area contributed by atoms with E-state index in [1.54, 1.807) is 0 Å². The van der Waals surface area contributed by atoms with Crippen molar-refractivity contribution in [3.05, 3.63) is 57.8 Å². The van der Waals surface area contributed by atoms with Crippen LogP contribution in [0.5, 0.6) is 5.75 Å². The summed E-state index contributed by atoms with van der Waals surface area (Å²) in [5.41, 5.74) is 0.128. The zero-order chi connectivity index (χ0) is 15.9. The minimum absolute atomic E-state index is 0.128. The van der Waals surface area contributed by atoms with E-state index in [4.69, 9.17) is 16.3 Å². The van der Waals surface area contributed by atoms with Gasteiger partial charge in [-0.25, -0.2) is 4.39 Å². The van der Waals surface area contributed by atoms with Gasteiger partial charge in [0.1, 0.15) is 11.6 Å². The molecule has 0 aliphatic heterocycles. The molecule has 0 fully saturated rings. The molecular weight excluding hydrogens is 373 g/mol. The van der Waals surface area contributed by atoms with Crippen LogP contribution in [0.4, 0.5) is 10.1 Å². The SMILES string of the molecule is O=C(CCCOc1ccc(Br)cc1)Nc1ccc(Cl)cc1F. The number of nitrogens with one attached hydrogen (secondary N) is 1. The average Bonchev–Trinajstić information content (AvgIpc) is 2.48. The minimum atomic E-state index is -0.549. The van der Waals surface area contributed by atoms with Gasteiger partial charge in [0.2, 0.25) is 5.91 Å². The molecule has 2 aromatic rings. The van der Waals surface area contributed by atoms with Crippen LogP contribution in [0.3, 0.4) is 0 Å².